The maximum Gasteiger partial charge on any atom is 0.0373 e. The van der Waals surface area contributed by atoms with Crippen LogP contribution in [0.2, 0.25) is 0 Å². The SMILES string of the molecule is CC(C)CN(CC(C)C)C1CCc2ccccc2NC1. The fraction of sp³-hybridized carbons (Fsp3) is 0.667. The van der Waals surface area contributed by atoms with E-state index in [2.05, 4.69) is 62.2 Å². The molecule has 1 unspecified atom stereocenters. The fourth-order valence-electron chi connectivity index (χ4n) is 3.19. The fourth-order valence-corrected chi connectivity index (χ4v) is 3.19. The molecule has 0 saturated carbocycles. The van der Waals surface area contributed by atoms with Crippen molar-refractivity contribution in [2.24, 2.45) is 11.8 Å². The van der Waals surface area contributed by atoms with Gasteiger partial charge in [-0.05, 0) is 36.3 Å². The first-order chi connectivity index (χ1) is 9.56. The lowest BCUT2D eigenvalue weighted by atomic mass is 10.0. The van der Waals surface area contributed by atoms with Crippen LogP contribution in [0.4, 0.5) is 5.69 Å². The van der Waals surface area contributed by atoms with E-state index >= 15 is 0 Å². The van der Waals surface area contributed by atoms with E-state index in [-0.39, 0.29) is 0 Å². The highest BCUT2D eigenvalue weighted by Gasteiger charge is 2.22. The first kappa shape index (κ1) is 15.4. The number of nitrogens with one attached hydrogen (secondary N) is 1. The highest BCUT2D eigenvalue weighted by molar-refractivity contribution is 5.52. The van der Waals surface area contributed by atoms with Crippen LogP contribution in [0.3, 0.4) is 0 Å². The Balaban J connectivity index is 2.04. The van der Waals surface area contributed by atoms with Gasteiger partial charge in [-0.1, -0.05) is 45.9 Å². The van der Waals surface area contributed by atoms with E-state index in [0.717, 1.165) is 18.4 Å². The molecule has 1 aliphatic rings. The molecule has 112 valence electrons. The first-order valence-electron chi connectivity index (χ1n) is 8.12. The summed E-state index contributed by atoms with van der Waals surface area (Å²) in [5, 5.41) is 3.66. The Labute approximate surface area is 124 Å². The van der Waals surface area contributed by atoms with Crippen LogP contribution < -0.4 is 5.32 Å². The molecule has 0 fully saturated rings. The van der Waals surface area contributed by atoms with E-state index in [4.69, 9.17) is 0 Å². The Hall–Kier alpha value is -1.02. The van der Waals surface area contributed by atoms with E-state index in [1.807, 2.05) is 0 Å². The first-order valence-corrected chi connectivity index (χ1v) is 8.12. The molecule has 0 aromatic heterocycles. The predicted molar refractivity (Wildman–Crippen MR) is 88.3 cm³/mol. The van der Waals surface area contributed by atoms with Crippen molar-refractivity contribution < 1.29 is 0 Å². The molecule has 1 atom stereocenters. The van der Waals surface area contributed by atoms with Crippen molar-refractivity contribution in [2.45, 2.75) is 46.6 Å². The van der Waals surface area contributed by atoms with Crippen molar-refractivity contribution in [3.63, 3.8) is 0 Å². The molecule has 0 saturated heterocycles. The van der Waals surface area contributed by atoms with Crippen molar-refractivity contribution in [2.75, 3.05) is 25.0 Å². The third kappa shape index (κ3) is 4.24. The summed E-state index contributed by atoms with van der Waals surface area (Å²) < 4.78 is 0. The summed E-state index contributed by atoms with van der Waals surface area (Å²) >= 11 is 0. The van der Waals surface area contributed by atoms with Crippen LogP contribution in [0.5, 0.6) is 0 Å². The lowest BCUT2D eigenvalue weighted by molar-refractivity contribution is 0.156. The van der Waals surface area contributed by atoms with Gasteiger partial charge < -0.3 is 5.32 Å². The van der Waals surface area contributed by atoms with Gasteiger partial charge in [0.1, 0.15) is 0 Å². The molecule has 1 heterocycles. The second kappa shape index (κ2) is 7.12. The Morgan fingerprint density at radius 2 is 1.75 bits per heavy atom. The lowest BCUT2D eigenvalue weighted by Crippen LogP contribution is -2.43. The van der Waals surface area contributed by atoms with E-state index < -0.39 is 0 Å². The lowest BCUT2D eigenvalue weighted by Gasteiger charge is -2.33. The molecule has 2 nitrogen and oxygen atoms in total. The van der Waals surface area contributed by atoms with Crippen LogP contribution in [0.25, 0.3) is 0 Å². The maximum absolute atomic E-state index is 3.66. The second-order valence-corrected chi connectivity index (χ2v) is 6.97. The number of hydrogen-bond donors (Lipinski definition) is 1. The van der Waals surface area contributed by atoms with Crippen LogP contribution in [0.15, 0.2) is 24.3 Å². The average molecular weight is 274 g/mol. The monoisotopic (exact) mass is 274 g/mol. The molecule has 1 aromatic rings. The topological polar surface area (TPSA) is 15.3 Å². The molecule has 20 heavy (non-hydrogen) atoms. The van der Waals surface area contributed by atoms with Crippen molar-refractivity contribution in [3.05, 3.63) is 29.8 Å². The zero-order valence-electron chi connectivity index (χ0n) is 13.5. The van der Waals surface area contributed by atoms with Crippen LogP contribution in [-0.2, 0) is 6.42 Å². The van der Waals surface area contributed by atoms with E-state index in [9.17, 15) is 0 Å². The molecule has 0 spiro atoms. The predicted octanol–water partition coefficient (Wildman–Crippen LogP) is 4.03. The number of rotatable bonds is 5. The van der Waals surface area contributed by atoms with Gasteiger partial charge in [0.25, 0.3) is 0 Å². The van der Waals surface area contributed by atoms with Gasteiger partial charge >= 0.3 is 0 Å². The zero-order chi connectivity index (χ0) is 14.5. The highest BCUT2D eigenvalue weighted by atomic mass is 15.2. The zero-order valence-corrected chi connectivity index (χ0v) is 13.5. The molecule has 2 rings (SSSR count). The molecule has 0 aliphatic carbocycles. The molecule has 1 aliphatic heterocycles. The van der Waals surface area contributed by atoms with E-state index in [1.165, 1.54) is 37.2 Å². The van der Waals surface area contributed by atoms with Crippen molar-refractivity contribution in [1.29, 1.82) is 0 Å². The summed E-state index contributed by atoms with van der Waals surface area (Å²) in [6, 6.07) is 9.42. The molecular weight excluding hydrogens is 244 g/mol. The van der Waals surface area contributed by atoms with Gasteiger partial charge in [-0.25, -0.2) is 0 Å². The van der Waals surface area contributed by atoms with Crippen LogP contribution in [0.1, 0.15) is 39.7 Å². The van der Waals surface area contributed by atoms with E-state index in [0.29, 0.717) is 6.04 Å². The summed E-state index contributed by atoms with van der Waals surface area (Å²) in [4.78, 5) is 2.70. The van der Waals surface area contributed by atoms with Gasteiger partial charge in [0.15, 0.2) is 0 Å². The van der Waals surface area contributed by atoms with Gasteiger partial charge in [-0.2, -0.15) is 0 Å². The normalized spacial score (nSPS) is 19.1. The second-order valence-electron chi connectivity index (χ2n) is 6.97. The summed E-state index contributed by atoms with van der Waals surface area (Å²) in [5.41, 5.74) is 2.81. The quantitative estimate of drug-likeness (QED) is 0.872. The summed E-state index contributed by atoms with van der Waals surface area (Å²) in [6.45, 7) is 12.8. The molecule has 1 aromatic carbocycles. The standard InChI is InChI=1S/C18H30N2/c1-14(2)12-20(13-15(3)4)17-10-9-16-7-5-6-8-18(16)19-11-17/h5-8,14-15,17,19H,9-13H2,1-4H3. The number of anilines is 1. The number of para-hydroxylation sites is 1. The third-order valence-electron chi connectivity index (χ3n) is 4.01. The molecule has 0 amide bonds. The molecule has 0 bridgehead atoms. The largest absolute Gasteiger partial charge is 0.383 e. The number of fused-ring (bicyclic) bond motifs is 1. The number of benzene rings is 1. The van der Waals surface area contributed by atoms with Crippen LogP contribution >= 0.6 is 0 Å². The summed E-state index contributed by atoms with van der Waals surface area (Å²) in [5.74, 6) is 1.47. The van der Waals surface area contributed by atoms with Crippen molar-refractivity contribution in [1.82, 2.24) is 4.90 Å². The van der Waals surface area contributed by atoms with Gasteiger partial charge in [-0.3, -0.25) is 4.90 Å². The average Bonchev–Trinajstić information content (AvgIpc) is 2.59. The summed E-state index contributed by atoms with van der Waals surface area (Å²) in [6.07, 6.45) is 2.46. The Morgan fingerprint density at radius 1 is 1.10 bits per heavy atom. The number of hydrogen-bond acceptors (Lipinski definition) is 2. The minimum Gasteiger partial charge on any atom is -0.383 e. The molecule has 0 radical (unpaired) electrons. The molecule has 1 N–H and O–H groups in total. The summed E-state index contributed by atoms with van der Waals surface area (Å²) in [7, 11) is 0. The number of aryl methyl sites for hydroxylation is 1. The minimum atomic E-state index is 0.659. The van der Waals surface area contributed by atoms with Crippen molar-refractivity contribution in [3.8, 4) is 0 Å². The van der Waals surface area contributed by atoms with Crippen LogP contribution in [-0.4, -0.2) is 30.6 Å². The highest BCUT2D eigenvalue weighted by Crippen LogP contribution is 2.23. The van der Waals surface area contributed by atoms with Gasteiger partial charge in [-0.15, -0.1) is 0 Å². The maximum atomic E-state index is 3.66. The molecule has 2 heteroatoms. The van der Waals surface area contributed by atoms with Gasteiger partial charge in [0.2, 0.25) is 0 Å². The minimum absolute atomic E-state index is 0.659. The van der Waals surface area contributed by atoms with Gasteiger partial charge in [0.05, 0.1) is 0 Å². The smallest absolute Gasteiger partial charge is 0.0373 e. The van der Waals surface area contributed by atoms with E-state index in [1.54, 1.807) is 0 Å². The Morgan fingerprint density at radius 3 is 2.40 bits per heavy atom. The number of nitrogens with zero attached hydrogens (tertiary/aromatic N) is 1. The third-order valence-corrected chi connectivity index (χ3v) is 4.01. The Kier molecular flexibility index (Phi) is 5.47. The van der Waals surface area contributed by atoms with Gasteiger partial charge in [0, 0.05) is 31.4 Å². The molecular formula is C18H30N2. The van der Waals surface area contributed by atoms with Crippen LogP contribution in [0, 0.1) is 11.8 Å². The van der Waals surface area contributed by atoms with Crippen molar-refractivity contribution >= 4 is 5.69 Å². The Bertz CT molecular complexity index is 375.